The van der Waals surface area contributed by atoms with Crippen molar-refractivity contribution in [2.24, 2.45) is 0 Å². The van der Waals surface area contributed by atoms with Gasteiger partial charge in [0.05, 0.1) is 10.5 Å². The highest BCUT2D eigenvalue weighted by atomic mass is 79.9. The molecule has 0 amide bonds. The zero-order valence-corrected chi connectivity index (χ0v) is 12.1. The molecule has 1 atom stereocenters. The first kappa shape index (κ1) is 13.6. The van der Waals surface area contributed by atoms with E-state index in [1.54, 1.807) is 12.1 Å². The summed E-state index contributed by atoms with van der Waals surface area (Å²) in [6, 6.07) is 8.46. The molecule has 18 heavy (non-hydrogen) atoms. The highest BCUT2D eigenvalue weighted by molar-refractivity contribution is 9.10. The zero-order chi connectivity index (χ0) is 13.1. The lowest BCUT2D eigenvalue weighted by atomic mass is 10.0. The summed E-state index contributed by atoms with van der Waals surface area (Å²) in [5.74, 6) is 0.471. The quantitative estimate of drug-likeness (QED) is 0.901. The first-order chi connectivity index (χ1) is 8.61. The molecule has 1 unspecified atom stereocenters. The van der Waals surface area contributed by atoms with E-state index in [2.05, 4.69) is 21.2 Å². The molecule has 0 saturated carbocycles. The highest BCUT2D eigenvalue weighted by Crippen LogP contribution is 2.27. The topological polar surface area (TPSA) is 25.2 Å². The highest BCUT2D eigenvalue weighted by Gasteiger charge is 2.16. The number of hydrogen-bond acceptors (Lipinski definition) is 2. The van der Waals surface area contributed by atoms with Crippen LogP contribution in [-0.4, -0.2) is 7.05 Å². The molecule has 0 bridgehead atoms. The number of hydrogen-bond donors (Lipinski definition) is 1. The largest absolute Gasteiger partial charge is 0.448 e. The average molecular weight is 333 g/mol. The predicted molar refractivity (Wildman–Crippen MR) is 73.3 cm³/mol. The fourth-order valence-corrected chi connectivity index (χ4v) is 2.36. The molecular formula is C13H12BrClFNO. The second-order valence-corrected chi connectivity index (χ2v) is 5.07. The smallest absolute Gasteiger partial charge is 0.193 e. The molecule has 0 aliphatic heterocycles. The van der Waals surface area contributed by atoms with E-state index in [0.717, 1.165) is 11.3 Å². The van der Waals surface area contributed by atoms with E-state index >= 15 is 0 Å². The second kappa shape index (κ2) is 5.87. The number of nitrogens with one attached hydrogen (secondary N) is 1. The van der Waals surface area contributed by atoms with Crippen LogP contribution in [0.1, 0.15) is 17.4 Å². The first-order valence-electron chi connectivity index (χ1n) is 5.47. The Balaban J connectivity index is 2.23. The van der Waals surface area contributed by atoms with Gasteiger partial charge in [0.15, 0.2) is 5.22 Å². The van der Waals surface area contributed by atoms with Gasteiger partial charge in [-0.15, -0.1) is 0 Å². The third-order valence-corrected chi connectivity index (χ3v) is 3.83. The Morgan fingerprint density at radius 3 is 2.78 bits per heavy atom. The van der Waals surface area contributed by atoms with Crippen LogP contribution in [-0.2, 0) is 6.42 Å². The molecule has 2 nitrogen and oxygen atoms in total. The summed E-state index contributed by atoms with van der Waals surface area (Å²) < 4.78 is 19.3. The summed E-state index contributed by atoms with van der Waals surface area (Å²) in [4.78, 5) is 0. The summed E-state index contributed by atoms with van der Waals surface area (Å²) in [6.45, 7) is 0. The van der Waals surface area contributed by atoms with Crippen LogP contribution in [0.4, 0.5) is 4.39 Å². The summed E-state index contributed by atoms with van der Waals surface area (Å²) in [7, 11) is 1.83. The molecule has 0 aliphatic carbocycles. The lowest BCUT2D eigenvalue weighted by Gasteiger charge is -2.14. The number of likely N-dealkylation sites (N-methyl/N-ethyl adjacent to an activating group) is 1. The molecule has 0 aliphatic rings. The predicted octanol–water partition coefficient (Wildman–Crippen LogP) is 4.34. The number of benzene rings is 1. The Morgan fingerprint density at radius 1 is 1.39 bits per heavy atom. The minimum Gasteiger partial charge on any atom is -0.448 e. The Bertz CT molecular complexity index is 544. The van der Waals surface area contributed by atoms with E-state index in [9.17, 15) is 4.39 Å². The maximum absolute atomic E-state index is 13.4. The van der Waals surface area contributed by atoms with Crippen LogP contribution in [0.15, 0.2) is 39.2 Å². The summed E-state index contributed by atoms with van der Waals surface area (Å²) >= 11 is 9.01. The number of rotatable bonds is 4. The minimum atomic E-state index is -0.264. The molecule has 1 N–H and O–H groups in total. The zero-order valence-electron chi connectivity index (χ0n) is 9.71. The van der Waals surface area contributed by atoms with Gasteiger partial charge in [-0.05, 0) is 64.8 Å². The molecule has 0 spiro atoms. The molecule has 0 radical (unpaired) electrons. The third-order valence-electron chi connectivity index (χ3n) is 2.74. The first-order valence-corrected chi connectivity index (χ1v) is 6.64. The summed E-state index contributed by atoms with van der Waals surface area (Å²) in [5, 5.41) is 3.48. The van der Waals surface area contributed by atoms with Gasteiger partial charge in [0, 0.05) is 0 Å². The molecule has 1 aromatic heterocycles. The van der Waals surface area contributed by atoms with Gasteiger partial charge in [-0.2, -0.15) is 0 Å². The molecule has 0 fully saturated rings. The monoisotopic (exact) mass is 331 g/mol. The molecule has 2 rings (SSSR count). The second-order valence-electron chi connectivity index (χ2n) is 3.90. The van der Waals surface area contributed by atoms with Gasteiger partial charge in [-0.25, -0.2) is 4.39 Å². The molecule has 1 heterocycles. The van der Waals surface area contributed by atoms with Gasteiger partial charge in [0.25, 0.3) is 0 Å². The molecule has 96 valence electrons. The van der Waals surface area contributed by atoms with Crippen LogP contribution >= 0.6 is 27.5 Å². The third kappa shape index (κ3) is 2.94. The van der Waals surface area contributed by atoms with Crippen molar-refractivity contribution in [3.63, 3.8) is 0 Å². The van der Waals surface area contributed by atoms with E-state index in [0.29, 0.717) is 16.1 Å². The number of furan rings is 1. The van der Waals surface area contributed by atoms with Gasteiger partial charge < -0.3 is 9.73 Å². The van der Waals surface area contributed by atoms with Crippen molar-refractivity contribution >= 4 is 27.5 Å². The lowest BCUT2D eigenvalue weighted by Crippen LogP contribution is -2.18. The Kier molecular flexibility index (Phi) is 4.43. The lowest BCUT2D eigenvalue weighted by molar-refractivity contribution is 0.429. The van der Waals surface area contributed by atoms with E-state index in [1.165, 1.54) is 6.07 Å². The normalized spacial score (nSPS) is 12.7. The van der Waals surface area contributed by atoms with Crippen LogP contribution in [0.25, 0.3) is 0 Å². The van der Waals surface area contributed by atoms with Crippen molar-refractivity contribution in [3.05, 3.63) is 57.2 Å². The van der Waals surface area contributed by atoms with Crippen molar-refractivity contribution in [1.82, 2.24) is 5.32 Å². The van der Waals surface area contributed by atoms with Crippen molar-refractivity contribution < 1.29 is 8.81 Å². The van der Waals surface area contributed by atoms with Gasteiger partial charge in [-0.3, -0.25) is 0 Å². The van der Waals surface area contributed by atoms with Crippen molar-refractivity contribution in [2.45, 2.75) is 12.5 Å². The average Bonchev–Trinajstić information content (AvgIpc) is 2.78. The summed E-state index contributed by atoms with van der Waals surface area (Å²) in [6.07, 6.45) is 0.610. The Hall–Kier alpha value is -0.840. The van der Waals surface area contributed by atoms with Crippen LogP contribution in [0.5, 0.6) is 0 Å². The van der Waals surface area contributed by atoms with E-state index < -0.39 is 0 Å². The molecular weight excluding hydrogens is 321 g/mol. The minimum absolute atomic E-state index is 0.0457. The SMILES string of the molecule is CNC(Cc1cccc(F)c1Br)c1ccc(Cl)o1. The van der Waals surface area contributed by atoms with Crippen molar-refractivity contribution in [1.29, 1.82) is 0 Å². The summed E-state index contributed by atoms with van der Waals surface area (Å²) in [5.41, 5.74) is 0.877. The van der Waals surface area contributed by atoms with Gasteiger partial charge in [-0.1, -0.05) is 12.1 Å². The molecule has 5 heteroatoms. The van der Waals surface area contributed by atoms with Crippen LogP contribution < -0.4 is 5.32 Å². The maximum Gasteiger partial charge on any atom is 0.193 e. The van der Waals surface area contributed by atoms with Crippen LogP contribution in [0, 0.1) is 5.82 Å². The van der Waals surface area contributed by atoms with Gasteiger partial charge >= 0.3 is 0 Å². The molecule has 2 aromatic rings. The van der Waals surface area contributed by atoms with E-state index in [4.69, 9.17) is 16.0 Å². The fraction of sp³-hybridized carbons (Fsp3) is 0.231. The van der Waals surface area contributed by atoms with Gasteiger partial charge in [0.2, 0.25) is 0 Å². The van der Waals surface area contributed by atoms with E-state index in [1.807, 2.05) is 19.2 Å². The Morgan fingerprint density at radius 2 is 2.17 bits per heavy atom. The number of halogens is 3. The Labute approximate surface area is 118 Å². The van der Waals surface area contributed by atoms with Crippen LogP contribution in [0.3, 0.4) is 0 Å². The van der Waals surface area contributed by atoms with Crippen LogP contribution in [0.2, 0.25) is 5.22 Å². The van der Waals surface area contributed by atoms with Crippen molar-refractivity contribution in [2.75, 3.05) is 7.05 Å². The van der Waals surface area contributed by atoms with Gasteiger partial charge in [0.1, 0.15) is 11.6 Å². The van der Waals surface area contributed by atoms with Crippen molar-refractivity contribution in [3.8, 4) is 0 Å². The van der Waals surface area contributed by atoms with E-state index in [-0.39, 0.29) is 11.9 Å². The standard InChI is InChI=1S/C13H12BrClFNO/c1-17-10(11-5-6-12(15)18-11)7-8-3-2-4-9(16)13(8)14/h2-6,10,17H,7H2,1H3. The molecule has 0 saturated heterocycles. The maximum atomic E-state index is 13.4. The molecule has 1 aromatic carbocycles. The fourth-order valence-electron chi connectivity index (χ4n) is 1.79.